The number of carbonyl (C=O) groups excluding carboxylic acids is 2. The van der Waals surface area contributed by atoms with Gasteiger partial charge in [0.25, 0.3) is 11.7 Å². The van der Waals surface area contributed by atoms with Crippen molar-refractivity contribution in [2.75, 3.05) is 11.5 Å². The van der Waals surface area contributed by atoms with Crippen molar-refractivity contribution < 1.29 is 19.4 Å². The first-order valence-corrected chi connectivity index (χ1v) is 12.0. The highest BCUT2D eigenvalue weighted by Gasteiger charge is 2.48. The minimum absolute atomic E-state index is 0.0912. The van der Waals surface area contributed by atoms with Crippen LogP contribution in [0.1, 0.15) is 33.9 Å². The van der Waals surface area contributed by atoms with E-state index in [2.05, 4.69) is 0 Å². The van der Waals surface area contributed by atoms with E-state index in [1.807, 2.05) is 86.3 Å². The summed E-state index contributed by atoms with van der Waals surface area (Å²) in [5.41, 5.74) is 6.08. The standard InChI is InChI=1S/C30H26N2O4/c1-17-8-10-21(14-18(17)2)32-27(23-16-31(3)24-7-5-4-6-22(23)24)26(29(34)30(32)35)28(33)20-9-11-25-19(15-20)12-13-36-25/h4-11,14-16,27,33H,12-13H2,1-3H3/b28-26+. The fourth-order valence-corrected chi connectivity index (χ4v) is 5.35. The van der Waals surface area contributed by atoms with Gasteiger partial charge in [0.2, 0.25) is 0 Å². The normalized spacial score (nSPS) is 18.6. The van der Waals surface area contributed by atoms with Gasteiger partial charge in [0.1, 0.15) is 11.5 Å². The van der Waals surface area contributed by atoms with E-state index in [1.54, 1.807) is 6.07 Å². The second-order valence-corrected chi connectivity index (χ2v) is 9.57. The molecule has 6 rings (SSSR count). The minimum Gasteiger partial charge on any atom is -0.507 e. The van der Waals surface area contributed by atoms with Gasteiger partial charge < -0.3 is 14.4 Å². The van der Waals surface area contributed by atoms with Crippen molar-refractivity contribution in [3.05, 3.63) is 100 Å². The van der Waals surface area contributed by atoms with E-state index >= 15 is 0 Å². The molecule has 3 heterocycles. The monoisotopic (exact) mass is 478 g/mol. The zero-order valence-corrected chi connectivity index (χ0v) is 20.4. The number of carbonyl (C=O) groups is 2. The summed E-state index contributed by atoms with van der Waals surface area (Å²) in [6.45, 7) is 4.58. The van der Waals surface area contributed by atoms with Crippen LogP contribution in [0.15, 0.2) is 72.4 Å². The maximum Gasteiger partial charge on any atom is 0.300 e. The number of aromatic nitrogens is 1. The third kappa shape index (κ3) is 3.25. The molecule has 180 valence electrons. The van der Waals surface area contributed by atoms with Gasteiger partial charge in [0.15, 0.2) is 0 Å². The topological polar surface area (TPSA) is 71.8 Å². The number of Topliss-reactive ketones (excluding diaryl/α,β-unsaturated/α-hetero) is 1. The van der Waals surface area contributed by atoms with E-state index in [0.29, 0.717) is 17.9 Å². The first-order chi connectivity index (χ1) is 17.3. The summed E-state index contributed by atoms with van der Waals surface area (Å²) < 4.78 is 7.59. The van der Waals surface area contributed by atoms with Crippen LogP contribution in [-0.4, -0.2) is 28.0 Å². The molecule has 1 aromatic heterocycles. The number of aliphatic hydroxyl groups is 1. The fraction of sp³-hybridized carbons (Fsp3) is 0.200. The van der Waals surface area contributed by atoms with Crippen LogP contribution in [0.2, 0.25) is 0 Å². The molecule has 0 radical (unpaired) electrons. The first kappa shape index (κ1) is 22.2. The van der Waals surface area contributed by atoms with Gasteiger partial charge in [-0.15, -0.1) is 0 Å². The summed E-state index contributed by atoms with van der Waals surface area (Å²) in [6, 6.07) is 18.2. The number of ether oxygens (including phenoxy) is 1. The van der Waals surface area contributed by atoms with Crippen molar-refractivity contribution >= 4 is 34.0 Å². The van der Waals surface area contributed by atoms with Crippen LogP contribution in [0.3, 0.4) is 0 Å². The molecule has 0 bridgehead atoms. The molecule has 4 aromatic rings. The number of aliphatic hydroxyl groups excluding tert-OH is 1. The lowest BCUT2D eigenvalue weighted by Gasteiger charge is -2.25. The molecule has 36 heavy (non-hydrogen) atoms. The quantitative estimate of drug-likeness (QED) is 0.245. The molecule has 0 saturated carbocycles. The summed E-state index contributed by atoms with van der Waals surface area (Å²) in [6.07, 6.45) is 2.68. The van der Waals surface area contributed by atoms with E-state index in [0.717, 1.165) is 45.3 Å². The molecule has 1 atom stereocenters. The maximum atomic E-state index is 13.6. The van der Waals surface area contributed by atoms with E-state index < -0.39 is 17.7 Å². The number of ketones is 1. The Morgan fingerprint density at radius 2 is 1.81 bits per heavy atom. The number of aryl methyl sites for hydroxylation is 3. The van der Waals surface area contributed by atoms with Crippen LogP contribution in [0.4, 0.5) is 5.69 Å². The van der Waals surface area contributed by atoms with E-state index in [1.165, 1.54) is 4.90 Å². The number of nitrogens with zero attached hydrogens (tertiary/aromatic N) is 2. The SMILES string of the molecule is Cc1ccc(N2C(=O)C(=O)/C(=C(/O)c3ccc4c(c3)CCO4)C2c2cn(C)c3ccccc23)cc1C. The zero-order valence-electron chi connectivity index (χ0n) is 20.4. The maximum absolute atomic E-state index is 13.6. The molecule has 1 amide bonds. The van der Waals surface area contributed by atoms with Crippen molar-refractivity contribution in [1.29, 1.82) is 0 Å². The molecule has 1 N–H and O–H groups in total. The minimum atomic E-state index is -0.775. The molecule has 2 aliphatic heterocycles. The number of hydrogen-bond acceptors (Lipinski definition) is 4. The lowest BCUT2D eigenvalue weighted by Crippen LogP contribution is -2.29. The molecule has 1 saturated heterocycles. The average Bonchev–Trinajstić information content (AvgIpc) is 3.55. The lowest BCUT2D eigenvalue weighted by molar-refractivity contribution is -0.132. The summed E-state index contributed by atoms with van der Waals surface area (Å²) in [4.78, 5) is 28.7. The predicted octanol–water partition coefficient (Wildman–Crippen LogP) is 5.36. The van der Waals surface area contributed by atoms with E-state index in [4.69, 9.17) is 4.74 Å². The molecule has 6 heteroatoms. The van der Waals surface area contributed by atoms with Gasteiger partial charge in [-0.1, -0.05) is 24.3 Å². The van der Waals surface area contributed by atoms with Crippen molar-refractivity contribution in [2.24, 2.45) is 7.05 Å². The van der Waals surface area contributed by atoms with Gasteiger partial charge >= 0.3 is 0 Å². The Bertz CT molecular complexity index is 1610. The molecule has 0 aliphatic carbocycles. The Kier molecular flexibility index (Phi) is 5.00. The third-order valence-electron chi connectivity index (χ3n) is 7.40. The number of fused-ring (bicyclic) bond motifs is 2. The van der Waals surface area contributed by atoms with Crippen LogP contribution in [0.25, 0.3) is 16.7 Å². The fourth-order valence-electron chi connectivity index (χ4n) is 5.35. The molecule has 1 unspecified atom stereocenters. The Hall–Kier alpha value is -4.32. The van der Waals surface area contributed by atoms with Gasteiger partial charge in [-0.3, -0.25) is 14.5 Å². The summed E-state index contributed by atoms with van der Waals surface area (Å²) in [5.74, 6) is -0.734. The number of amides is 1. The zero-order chi connectivity index (χ0) is 25.1. The molecule has 2 aliphatic rings. The molecular weight excluding hydrogens is 452 g/mol. The van der Waals surface area contributed by atoms with Crippen LogP contribution >= 0.6 is 0 Å². The van der Waals surface area contributed by atoms with Crippen LogP contribution in [-0.2, 0) is 23.1 Å². The molecule has 6 nitrogen and oxygen atoms in total. The van der Waals surface area contributed by atoms with Crippen molar-refractivity contribution in [1.82, 2.24) is 4.57 Å². The van der Waals surface area contributed by atoms with Crippen molar-refractivity contribution in [3.8, 4) is 5.75 Å². The number of benzene rings is 3. The highest BCUT2D eigenvalue weighted by molar-refractivity contribution is 6.52. The Morgan fingerprint density at radius 1 is 1.00 bits per heavy atom. The Balaban J connectivity index is 1.61. The predicted molar refractivity (Wildman–Crippen MR) is 139 cm³/mol. The van der Waals surface area contributed by atoms with Gasteiger partial charge in [-0.25, -0.2) is 0 Å². The number of rotatable bonds is 3. The summed E-state index contributed by atoms with van der Waals surface area (Å²) in [7, 11) is 1.94. The molecule has 3 aromatic carbocycles. The Labute approximate surface area is 209 Å². The lowest BCUT2D eigenvalue weighted by atomic mass is 9.94. The van der Waals surface area contributed by atoms with Crippen molar-refractivity contribution in [2.45, 2.75) is 26.3 Å². The third-order valence-corrected chi connectivity index (χ3v) is 7.40. The average molecular weight is 479 g/mol. The van der Waals surface area contributed by atoms with E-state index in [9.17, 15) is 14.7 Å². The second-order valence-electron chi connectivity index (χ2n) is 9.57. The number of anilines is 1. The highest BCUT2D eigenvalue weighted by atomic mass is 16.5. The van der Waals surface area contributed by atoms with E-state index in [-0.39, 0.29) is 11.3 Å². The van der Waals surface area contributed by atoms with Gasteiger partial charge in [0.05, 0.1) is 18.2 Å². The number of para-hydroxylation sites is 1. The first-order valence-electron chi connectivity index (χ1n) is 12.0. The largest absolute Gasteiger partial charge is 0.507 e. The summed E-state index contributed by atoms with van der Waals surface area (Å²) in [5, 5.41) is 12.5. The van der Waals surface area contributed by atoms with Gasteiger partial charge in [0, 0.05) is 47.4 Å². The molecule has 0 spiro atoms. The van der Waals surface area contributed by atoms with Gasteiger partial charge in [-0.2, -0.15) is 0 Å². The Morgan fingerprint density at radius 3 is 2.61 bits per heavy atom. The van der Waals surface area contributed by atoms with Crippen LogP contribution in [0.5, 0.6) is 5.75 Å². The highest BCUT2D eigenvalue weighted by Crippen LogP contribution is 2.45. The number of hydrogen-bond donors (Lipinski definition) is 1. The van der Waals surface area contributed by atoms with Gasteiger partial charge in [-0.05, 0) is 66.9 Å². The smallest absolute Gasteiger partial charge is 0.300 e. The molecule has 1 fully saturated rings. The van der Waals surface area contributed by atoms with Crippen LogP contribution in [0, 0.1) is 13.8 Å². The second kappa shape index (κ2) is 8.12. The van der Waals surface area contributed by atoms with Crippen LogP contribution < -0.4 is 9.64 Å². The summed E-state index contributed by atoms with van der Waals surface area (Å²) >= 11 is 0. The van der Waals surface area contributed by atoms with Crippen molar-refractivity contribution in [3.63, 3.8) is 0 Å². The molecular formula is C30H26N2O4.